The molecule has 0 aromatic carbocycles. The molecule has 1 aliphatic rings. The number of nitrogens with zero attached hydrogens (tertiary/aromatic N) is 1. The highest BCUT2D eigenvalue weighted by Gasteiger charge is 2.32. The molecular formula is C9H9F3N2. The van der Waals surface area contributed by atoms with Crippen LogP contribution in [-0.4, -0.2) is 11.5 Å². The predicted molar refractivity (Wildman–Crippen MR) is 44.6 cm³/mol. The summed E-state index contributed by atoms with van der Waals surface area (Å²) in [5, 5.41) is 3.03. The van der Waals surface area contributed by atoms with Gasteiger partial charge in [0.05, 0.1) is 5.56 Å². The number of nitrogens with one attached hydrogen (secondary N) is 1. The minimum Gasteiger partial charge on any atom is -0.310 e. The van der Waals surface area contributed by atoms with Crippen LogP contribution in [0, 0.1) is 0 Å². The summed E-state index contributed by atoms with van der Waals surface area (Å²) in [6.07, 6.45) is -1.09. The van der Waals surface area contributed by atoms with Crippen LogP contribution in [0.25, 0.3) is 0 Å². The Hall–Kier alpha value is -1.10. The molecule has 0 amide bonds. The Morgan fingerprint density at radius 3 is 2.57 bits per heavy atom. The summed E-state index contributed by atoms with van der Waals surface area (Å²) in [6.45, 7) is 0.862. The van der Waals surface area contributed by atoms with Crippen molar-refractivity contribution in [3.63, 3.8) is 0 Å². The third-order valence-corrected chi connectivity index (χ3v) is 2.31. The summed E-state index contributed by atoms with van der Waals surface area (Å²) >= 11 is 0. The van der Waals surface area contributed by atoms with Crippen molar-refractivity contribution in [1.82, 2.24) is 10.3 Å². The Labute approximate surface area is 79.2 Å². The van der Waals surface area contributed by atoms with Crippen LogP contribution in [0.3, 0.4) is 0 Å². The van der Waals surface area contributed by atoms with Gasteiger partial charge in [-0.2, -0.15) is 13.2 Å². The van der Waals surface area contributed by atoms with Crippen LogP contribution in [0.1, 0.15) is 23.6 Å². The molecule has 0 bridgehead atoms. The van der Waals surface area contributed by atoms with Crippen molar-refractivity contribution >= 4 is 0 Å². The van der Waals surface area contributed by atoms with Gasteiger partial charge in [0.15, 0.2) is 0 Å². The van der Waals surface area contributed by atoms with Crippen LogP contribution in [-0.2, 0) is 6.18 Å². The zero-order valence-corrected chi connectivity index (χ0v) is 7.30. The Bertz CT molecular complexity index is 331. The molecule has 2 heterocycles. The van der Waals surface area contributed by atoms with E-state index in [0.29, 0.717) is 5.56 Å². The second kappa shape index (κ2) is 3.24. The first-order valence-corrected chi connectivity index (χ1v) is 4.33. The number of halogens is 3. The van der Waals surface area contributed by atoms with Gasteiger partial charge in [-0.3, -0.25) is 4.98 Å². The Morgan fingerprint density at radius 2 is 2.07 bits per heavy atom. The second-order valence-electron chi connectivity index (χ2n) is 3.30. The molecule has 0 spiro atoms. The van der Waals surface area contributed by atoms with Crippen LogP contribution in [0.5, 0.6) is 0 Å². The van der Waals surface area contributed by atoms with Crippen LogP contribution in [0.15, 0.2) is 18.5 Å². The molecule has 1 aromatic rings. The molecule has 0 aliphatic carbocycles. The first kappa shape index (κ1) is 9.45. The molecule has 76 valence electrons. The Morgan fingerprint density at radius 1 is 1.36 bits per heavy atom. The van der Waals surface area contributed by atoms with E-state index in [-0.39, 0.29) is 6.04 Å². The summed E-state index contributed by atoms with van der Waals surface area (Å²) in [5.41, 5.74) is -0.0604. The van der Waals surface area contributed by atoms with Crippen molar-refractivity contribution < 1.29 is 13.2 Å². The normalized spacial score (nSPS) is 21.8. The number of rotatable bonds is 1. The van der Waals surface area contributed by atoms with Gasteiger partial charge in [-0.05, 0) is 24.6 Å². The zero-order chi connectivity index (χ0) is 10.2. The summed E-state index contributed by atoms with van der Waals surface area (Å²) in [6, 6.07) is 1.20. The highest BCUT2D eigenvalue weighted by atomic mass is 19.4. The fourth-order valence-electron chi connectivity index (χ4n) is 1.38. The highest BCUT2D eigenvalue weighted by Crippen LogP contribution is 2.31. The van der Waals surface area contributed by atoms with Crippen LogP contribution < -0.4 is 5.32 Å². The molecule has 1 atom stereocenters. The standard InChI is InChI=1S/C9H9F3N2/c10-9(11,12)7-3-6(4-13-5-7)8-1-2-14-8/h3-5,8,14H,1-2H2/t8-/m1/s1. The summed E-state index contributed by atoms with van der Waals surface area (Å²) in [4.78, 5) is 3.59. The van der Waals surface area contributed by atoms with Crippen LogP contribution in [0.2, 0.25) is 0 Å². The van der Waals surface area contributed by atoms with E-state index in [1.54, 1.807) is 0 Å². The lowest BCUT2D eigenvalue weighted by Gasteiger charge is -2.28. The van der Waals surface area contributed by atoms with Gasteiger partial charge >= 0.3 is 6.18 Å². The van der Waals surface area contributed by atoms with Gasteiger partial charge in [0.1, 0.15) is 0 Å². The maximum absolute atomic E-state index is 12.3. The molecule has 2 rings (SSSR count). The first-order chi connectivity index (χ1) is 6.57. The summed E-state index contributed by atoms with van der Waals surface area (Å²) in [5.74, 6) is 0. The third kappa shape index (κ3) is 1.72. The van der Waals surface area contributed by atoms with Gasteiger partial charge in [0.2, 0.25) is 0 Å². The largest absolute Gasteiger partial charge is 0.417 e. The van der Waals surface area contributed by atoms with E-state index in [1.165, 1.54) is 6.20 Å². The lowest BCUT2D eigenvalue weighted by molar-refractivity contribution is -0.137. The third-order valence-electron chi connectivity index (χ3n) is 2.31. The van der Waals surface area contributed by atoms with E-state index in [1.807, 2.05) is 0 Å². The topological polar surface area (TPSA) is 24.9 Å². The second-order valence-corrected chi connectivity index (χ2v) is 3.30. The molecule has 5 heteroatoms. The molecule has 1 N–H and O–H groups in total. The summed E-state index contributed by atoms with van der Waals surface area (Å²) in [7, 11) is 0. The number of pyridine rings is 1. The Kier molecular flexibility index (Phi) is 2.19. The van der Waals surface area contributed by atoms with Gasteiger partial charge in [0.25, 0.3) is 0 Å². The summed E-state index contributed by atoms with van der Waals surface area (Å²) < 4.78 is 36.9. The van der Waals surface area contributed by atoms with Crippen LogP contribution >= 0.6 is 0 Å². The fraction of sp³-hybridized carbons (Fsp3) is 0.444. The molecule has 14 heavy (non-hydrogen) atoms. The van der Waals surface area contributed by atoms with Crippen molar-refractivity contribution in [2.24, 2.45) is 0 Å². The smallest absolute Gasteiger partial charge is 0.310 e. The number of hydrogen-bond acceptors (Lipinski definition) is 2. The first-order valence-electron chi connectivity index (χ1n) is 4.33. The molecule has 1 fully saturated rings. The number of hydrogen-bond donors (Lipinski definition) is 1. The van der Waals surface area contributed by atoms with Crippen LogP contribution in [0.4, 0.5) is 13.2 Å². The van der Waals surface area contributed by atoms with Gasteiger partial charge < -0.3 is 5.32 Å². The monoisotopic (exact) mass is 202 g/mol. The maximum atomic E-state index is 12.3. The average Bonchev–Trinajstić information content (AvgIpc) is 2.00. The SMILES string of the molecule is FC(F)(F)c1cncc([C@H]2CCN2)c1. The quantitative estimate of drug-likeness (QED) is 0.754. The van der Waals surface area contributed by atoms with Crippen molar-refractivity contribution in [3.05, 3.63) is 29.6 Å². The van der Waals surface area contributed by atoms with Crippen molar-refractivity contribution in [2.45, 2.75) is 18.6 Å². The molecular weight excluding hydrogens is 193 g/mol. The average molecular weight is 202 g/mol. The van der Waals surface area contributed by atoms with Gasteiger partial charge in [-0.15, -0.1) is 0 Å². The van der Waals surface area contributed by atoms with E-state index >= 15 is 0 Å². The van der Waals surface area contributed by atoms with E-state index in [9.17, 15) is 13.2 Å². The predicted octanol–water partition coefficient (Wildman–Crippen LogP) is 2.13. The zero-order valence-electron chi connectivity index (χ0n) is 7.30. The Balaban J connectivity index is 2.26. The maximum Gasteiger partial charge on any atom is 0.417 e. The molecule has 2 nitrogen and oxygen atoms in total. The van der Waals surface area contributed by atoms with E-state index in [4.69, 9.17) is 0 Å². The molecule has 0 radical (unpaired) electrons. The van der Waals surface area contributed by atoms with Crippen molar-refractivity contribution in [1.29, 1.82) is 0 Å². The molecule has 1 aliphatic heterocycles. The minimum atomic E-state index is -4.30. The fourth-order valence-corrected chi connectivity index (χ4v) is 1.38. The minimum absolute atomic E-state index is 0.0461. The molecule has 0 saturated carbocycles. The molecule has 1 aromatic heterocycles. The highest BCUT2D eigenvalue weighted by molar-refractivity contribution is 5.24. The van der Waals surface area contributed by atoms with Crippen molar-refractivity contribution in [2.75, 3.05) is 6.54 Å². The lowest BCUT2D eigenvalue weighted by atomic mass is 9.98. The van der Waals surface area contributed by atoms with Crippen molar-refractivity contribution in [3.8, 4) is 0 Å². The lowest BCUT2D eigenvalue weighted by Crippen LogP contribution is -2.35. The molecule has 1 saturated heterocycles. The number of aromatic nitrogens is 1. The van der Waals surface area contributed by atoms with E-state index < -0.39 is 11.7 Å². The van der Waals surface area contributed by atoms with Gasteiger partial charge in [-0.1, -0.05) is 0 Å². The molecule has 0 unspecified atom stereocenters. The van der Waals surface area contributed by atoms with Gasteiger partial charge in [-0.25, -0.2) is 0 Å². The van der Waals surface area contributed by atoms with Gasteiger partial charge in [0, 0.05) is 18.4 Å². The van der Waals surface area contributed by atoms with E-state index in [0.717, 1.165) is 25.2 Å². The number of alkyl halides is 3. The van der Waals surface area contributed by atoms with E-state index in [2.05, 4.69) is 10.3 Å².